The number of amides is 2. The molecule has 0 aliphatic carbocycles. The van der Waals surface area contributed by atoms with Crippen LogP contribution in [0.2, 0.25) is 0 Å². The second kappa shape index (κ2) is 11.2. The van der Waals surface area contributed by atoms with Gasteiger partial charge in [-0.15, -0.1) is 0 Å². The first-order valence-electron chi connectivity index (χ1n) is 8.31. The van der Waals surface area contributed by atoms with E-state index in [4.69, 9.17) is 9.47 Å². The molecule has 0 radical (unpaired) electrons. The van der Waals surface area contributed by atoms with Gasteiger partial charge in [0.1, 0.15) is 6.61 Å². The van der Waals surface area contributed by atoms with Gasteiger partial charge in [-0.1, -0.05) is 6.92 Å². The van der Waals surface area contributed by atoms with Crippen LogP contribution in [0.3, 0.4) is 0 Å². The third-order valence-corrected chi connectivity index (χ3v) is 3.53. The number of ether oxygens (including phenoxy) is 2. The number of carbonyl (C=O) groups excluding carboxylic acids is 3. The van der Waals surface area contributed by atoms with Crippen LogP contribution in [0.1, 0.15) is 43.5 Å². The SMILES string of the molecule is CCC(C)NC(=O)c1ccc(NC(=O)CCC(=O)OCCOC)cc1. The van der Waals surface area contributed by atoms with E-state index in [1.807, 2.05) is 13.8 Å². The topological polar surface area (TPSA) is 93.7 Å². The number of anilines is 1. The van der Waals surface area contributed by atoms with Gasteiger partial charge in [0.15, 0.2) is 0 Å². The maximum absolute atomic E-state index is 12.0. The van der Waals surface area contributed by atoms with Gasteiger partial charge in [-0.2, -0.15) is 0 Å². The molecule has 25 heavy (non-hydrogen) atoms. The molecular formula is C18H26N2O5. The quantitative estimate of drug-likeness (QED) is 0.498. The highest BCUT2D eigenvalue weighted by atomic mass is 16.6. The minimum Gasteiger partial charge on any atom is -0.463 e. The molecule has 138 valence electrons. The summed E-state index contributed by atoms with van der Waals surface area (Å²) in [6.07, 6.45) is 0.890. The van der Waals surface area contributed by atoms with Gasteiger partial charge in [-0.3, -0.25) is 14.4 Å². The fraction of sp³-hybridized carbons (Fsp3) is 0.500. The van der Waals surface area contributed by atoms with Gasteiger partial charge in [-0.25, -0.2) is 0 Å². The first-order valence-corrected chi connectivity index (χ1v) is 8.31. The summed E-state index contributed by atoms with van der Waals surface area (Å²) in [6.45, 7) is 4.44. The van der Waals surface area contributed by atoms with Crippen LogP contribution in [-0.2, 0) is 19.1 Å². The molecular weight excluding hydrogens is 324 g/mol. The number of methoxy groups -OCH3 is 1. The molecule has 1 aromatic carbocycles. The van der Waals surface area contributed by atoms with Crippen molar-refractivity contribution in [3.8, 4) is 0 Å². The zero-order valence-electron chi connectivity index (χ0n) is 15.0. The average molecular weight is 350 g/mol. The molecule has 7 nitrogen and oxygen atoms in total. The van der Waals surface area contributed by atoms with Crippen molar-refractivity contribution in [3.63, 3.8) is 0 Å². The Kier molecular flexibility index (Phi) is 9.24. The van der Waals surface area contributed by atoms with Crippen molar-refractivity contribution < 1.29 is 23.9 Å². The summed E-state index contributed by atoms with van der Waals surface area (Å²) >= 11 is 0. The van der Waals surface area contributed by atoms with Crippen LogP contribution in [0, 0.1) is 0 Å². The molecule has 0 heterocycles. The molecule has 0 fully saturated rings. The fourth-order valence-electron chi connectivity index (χ4n) is 1.86. The van der Waals surface area contributed by atoms with Gasteiger partial charge in [0.05, 0.1) is 13.0 Å². The molecule has 0 aliphatic rings. The molecule has 1 unspecified atom stereocenters. The zero-order valence-corrected chi connectivity index (χ0v) is 15.0. The van der Waals surface area contributed by atoms with E-state index in [1.165, 1.54) is 7.11 Å². The second-order valence-electron chi connectivity index (χ2n) is 5.62. The molecule has 0 bridgehead atoms. The molecule has 0 saturated carbocycles. The molecule has 1 atom stereocenters. The van der Waals surface area contributed by atoms with E-state index in [1.54, 1.807) is 24.3 Å². The lowest BCUT2D eigenvalue weighted by molar-refractivity contribution is -0.145. The molecule has 0 spiro atoms. The first-order chi connectivity index (χ1) is 12.0. The summed E-state index contributed by atoms with van der Waals surface area (Å²) < 4.78 is 9.64. The van der Waals surface area contributed by atoms with Crippen LogP contribution >= 0.6 is 0 Å². The van der Waals surface area contributed by atoms with Gasteiger partial charge >= 0.3 is 5.97 Å². The lowest BCUT2D eigenvalue weighted by atomic mass is 10.1. The number of rotatable bonds is 10. The highest BCUT2D eigenvalue weighted by molar-refractivity contribution is 5.96. The van der Waals surface area contributed by atoms with Crippen LogP contribution in [0.4, 0.5) is 5.69 Å². The number of benzene rings is 1. The normalized spacial score (nSPS) is 11.5. The van der Waals surface area contributed by atoms with E-state index in [0.717, 1.165) is 6.42 Å². The summed E-state index contributed by atoms with van der Waals surface area (Å²) in [5.41, 5.74) is 1.10. The van der Waals surface area contributed by atoms with E-state index in [-0.39, 0.29) is 37.3 Å². The van der Waals surface area contributed by atoms with Gasteiger partial charge in [0.25, 0.3) is 5.91 Å². The third kappa shape index (κ3) is 8.30. The molecule has 2 amide bonds. The van der Waals surface area contributed by atoms with E-state index in [9.17, 15) is 14.4 Å². The highest BCUT2D eigenvalue weighted by Gasteiger charge is 2.10. The molecule has 7 heteroatoms. The van der Waals surface area contributed by atoms with Crippen LogP contribution in [0.5, 0.6) is 0 Å². The molecule has 1 aromatic rings. The molecule has 2 N–H and O–H groups in total. The van der Waals surface area contributed by atoms with Crippen LogP contribution in [0.15, 0.2) is 24.3 Å². The van der Waals surface area contributed by atoms with Crippen LogP contribution < -0.4 is 10.6 Å². The number of hydrogen-bond acceptors (Lipinski definition) is 5. The summed E-state index contributed by atoms with van der Waals surface area (Å²) in [5.74, 6) is -0.879. The number of esters is 1. The smallest absolute Gasteiger partial charge is 0.306 e. The maximum atomic E-state index is 12.0. The summed E-state index contributed by atoms with van der Waals surface area (Å²) in [5, 5.41) is 5.55. The molecule has 0 aliphatic heterocycles. The van der Waals surface area contributed by atoms with Crippen molar-refractivity contribution in [2.75, 3.05) is 25.6 Å². The minimum atomic E-state index is -0.440. The lowest BCUT2D eigenvalue weighted by Gasteiger charge is -2.11. The largest absolute Gasteiger partial charge is 0.463 e. The van der Waals surface area contributed by atoms with Crippen molar-refractivity contribution >= 4 is 23.5 Å². The van der Waals surface area contributed by atoms with E-state index in [2.05, 4.69) is 10.6 Å². The van der Waals surface area contributed by atoms with Gasteiger partial charge in [-0.05, 0) is 37.6 Å². The standard InChI is InChI=1S/C18H26N2O5/c1-4-13(2)19-18(23)14-5-7-15(8-6-14)20-16(21)9-10-17(22)25-12-11-24-3/h5-8,13H,4,9-12H2,1-3H3,(H,19,23)(H,20,21). The van der Waals surface area contributed by atoms with E-state index in [0.29, 0.717) is 17.9 Å². The Labute approximate surface area is 148 Å². The Hall–Kier alpha value is -2.41. The maximum Gasteiger partial charge on any atom is 0.306 e. The molecule has 0 aromatic heterocycles. The predicted octanol–water partition coefficient (Wildman–Crippen LogP) is 2.12. The molecule has 0 saturated heterocycles. The van der Waals surface area contributed by atoms with Crippen molar-refractivity contribution in [1.82, 2.24) is 5.32 Å². The Morgan fingerprint density at radius 3 is 2.36 bits per heavy atom. The average Bonchev–Trinajstić information content (AvgIpc) is 2.60. The Balaban J connectivity index is 2.40. The van der Waals surface area contributed by atoms with E-state index < -0.39 is 5.97 Å². The zero-order chi connectivity index (χ0) is 18.7. The second-order valence-corrected chi connectivity index (χ2v) is 5.62. The lowest BCUT2D eigenvalue weighted by Crippen LogP contribution is -2.31. The Bertz CT molecular complexity index is 571. The molecule has 1 rings (SSSR count). The first kappa shape index (κ1) is 20.6. The highest BCUT2D eigenvalue weighted by Crippen LogP contribution is 2.11. The third-order valence-electron chi connectivity index (χ3n) is 3.53. The Morgan fingerprint density at radius 2 is 1.76 bits per heavy atom. The van der Waals surface area contributed by atoms with Crippen molar-refractivity contribution in [3.05, 3.63) is 29.8 Å². The summed E-state index contributed by atoms with van der Waals surface area (Å²) in [4.78, 5) is 35.2. The number of nitrogens with one attached hydrogen (secondary N) is 2. The summed E-state index contributed by atoms with van der Waals surface area (Å²) in [7, 11) is 1.51. The van der Waals surface area contributed by atoms with Crippen molar-refractivity contribution in [2.24, 2.45) is 0 Å². The number of carbonyl (C=O) groups is 3. The van der Waals surface area contributed by atoms with Gasteiger partial charge < -0.3 is 20.1 Å². The van der Waals surface area contributed by atoms with Gasteiger partial charge in [0, 0.05) is 30.8 Å². The van der Waals surface area contributed by atoms with Gasteiger partial charge in [0.2, 0.25) is 5.91 Å². The monoisotopic (exact) mass is 350 g/mol. The van der Waals surface area contributed by atoms with Crippen LogP contribution in [-0.4, -0.2) is 44.1 Å². The van der Waals surface area contributed by atoms with E-state index >= 15 is 0 Å². The van der Waals surface area contributed by atoms with Crippen molar-refractivity contribution in [1.29, 1.82) is 0 Å². The fourth-order valence-corrected chi connectivity index (χ4v) is 1.86. The minimum absolute atomic E-state index is 0.00490. The van der Waals surface area contributed by atoms with Crippen molar-refractivity contribution in [2.45, 2.75) is 39.2 Å². The summed E-state index contributed by atoms with van der Waals surface area (Å²) in [6, 6.07) is 6.70. The predicted molar refractivity (Wildman–Crippen MR) is 94.4 cm³/mol. The van der Waals surface area contributed by atoms with Crippen LogP contribution in [0.25, 0.3) is 0 Å². The Morgan fingerprint density at radius 1 is 1.08 bits per heavy atom. The number of hydrogen-bond donors (Lipinski definition) is 2.